The quantitative estimate of drug-likeness (QED) is 0.579. The lowest BCUT2D eigenvalue weighted by Gasteiger charge is -2.15. The number of carboxylic acids is 1. The number of carbonyl (C=O) groups is 1. The molecule has 0 aliphatic rings. The molecule has 0 aromatic heterocycles. The molecule has 0 unspecified atom stereocenters. The predicted molar refractivity (Wildman–Crippen MR) is 61.5 cm³/mol. The van der Waals surface area contributed by atoms with Gasteiger partial charge in [0.2, 0.25) is 0 Å². The van der Waals surface area contributed by atoms with Crippen molar-refractivity contribution in [1.29, 1.82) is 0 Å². The minimum Gasteiger partial charge on any atom is -0.480 e. The third kappa shape index (κ3) is 5.10. The molecule has 17 heavy (non-hydrogen) atoms. The fraction of sp³-hybridized carbons (Fsp3) is 0.300. The Hall–Kier alpha value is -1.20. The largest absolute Gasteiger partial charge is 0.480 e. The second-order valence-electron chi connectivity index (χ2n) is 3.75. The Balaban J connectivity index is 2.77. The predicted octanol–water partition coefficient (Wildman–Crippen LogP) is 0.673. The molecule has 1 atom stereocenters. The third-order valence-corrected chi connectivity index (χ3v) is 2.83. The fourth-order valence-corrected chi connectivity index (χ4v) is 1.96. The van der Waals surface area contributed by atoms with E-state index in [2.05, 4.69) is 0 Å². The van der Waals surface area contributed by atoms with E-state index in [1.165, 1.54) is 0 Å². The summed E-state index contributed by atoms with van der Waals surface area (Å²) < 4.78 is 10.7. The summed E-state index contributed by atoms with van der Waals surface area (Å²) >= 11 is 0. The molecule has 0 spiro atoms. The Bertz CT molecular complexity index is 439. The van der Waals surface area contributed by atoms with Crippen LogP contribution in [0, 0.1) is 6.92 Å². The van der Waals surface area contributed by atoms with Crippen molar-refractivity contribution in [2.24, 2.45) is 0 Å². The van der Waals surface area contributed by atoms with Crippen molar-refractivity contribution >= 4 is 13.7 Å². The molecule has 6 nitrogen and oxygen atoms in total. The van der Waals surface area contributed by atoms with Gasteiger partial charge in [0.15, 0.2) is 0 Å². The SMILES string of the molecule is Cc1ccc(C[C@H](NP(=O)(O)O)C(=O)O)cc1. The van der Waals surface area contributed by atoms with Crippen LogP contribution in [0.2, 0.25) is 0 Å². The van der Waals surface area contributed by atoms with Crippen molar-refractivity contribution in [3.63, 3.8) is 0 Å². The van der Waals surface area contributed by atoms with Gasteiger partial charge in [-0.2, -0.15) is 0 Å². The summed E-state index contributed by atoms with van der Waals surface area (Å²) in [5.41, 5.74) is 1.73. The normalized spacial score (nSPS) is 13.4. The first-order valence-corrected chi connectivity index (χ1v) is 6.51. The average Bonchev–Trinajstić information content (AvgIpc) is 2.18. The molecule has 94 valence electrons. The van der Waals surface area contributed by atoms with Gasteiger partial charge in [-0.1, -0.05) is 29.8 Å². The highest BCUT2D eigenvalue weighted by Gasteiger charge is 2.25. The standard InChI is InChI=1S/C10H14NO5P/c1-7-2-4-8(5-3-7)6-9(10(12)13)11-17(14,15)16/h2-5,9H,6H2,1H3,(H,12,13)(H3,11,14,15,16)/t9-/m0/s1. The second kappa shape index (κ2) is 5.42. The summed E-state index contributed by atoms with van der Waals surface area (Å²) in [6, 6.07) is 5.77. The molecule has 1 aromatic rings. The van der Waals surface area contributed by atoms with Crippen LogP contribution in [0.15, 0.2) is 24.3 Å². The lowest BCUT2D eigenvalue weighted by Crippen LogP contribution is -2.36. The van der Waals surface area contributed by atoms with E-state index >= 15 is 0 Å². The number of hydrogen-bond donors (Lipinski definition) is 4. The number of nitrogens with one attached hydrogen (secondary N) is 1. The van der Waals surface area contributed by atoms with Gasteiger partial charge in [0, 0.05) is 0 Å². The first-order valence-electron chi connectivity index (χ1n) is 4.89. The maximum Gasteiger partial charge on any atom is 0.401 e. The van der Waals surface area contributed by atoms with Crippen LogP contribution in [0.1, 0.15) is 11.1 Å². The number of aryl methyl sites for hydroxylation is 1. The molecule has 0 bridgehead atoms. The van der Waals surface area contributed by atoms with Crippen molar-refractivity contribution in [2.75, 3.05) is 0 Å². The van der Waals surface area contributed by atoms with Crippen LogP contribution >= 0.6 is 7.75 Å². The average molecular weight is 259 g/mol. The number of aliphatic carboxylic acids is 1. The van der Waals surface area contributed by atoms with Gasteiger partial charge in [-0.05, 0) is 18.9 Å². The molecular weight excluding hydrogens is 245 g/mol. The summed E-state index contributed by atoms with van der Waals surface area (Å²) in [5.74, 6) is -1.30. The zero-order valence-corrected chi connectivity index (χ0v) is 10.1. The molecule has 0 radical (unpaired) electrons. The van der Waals surface area contributed by atoms with Gasteiger partial charge in [-0.25, -0.2) is 9.65 Å². The van der Waals surface area contributed by atoms with E-state index in [4.69, 9.17) is 14.9 Å². The summed E-state index contributed by atoms with van der Waals surface area (Å²) in [6.45, 7) is 1.90. The van der Waals surface area contributed by atoms with Crippen LogP contribution in [0.4, 0.5) is 0 Å². The van der Waals surface area contributed by atoms with E-state index in [1.807, 2.05) is 19.1 Å². The van der Waals surface area contributed by atoms with Crippen LogP contribution < -0.4 is 5.09 Å². The Morgan fingerprint density at radius 3 is 2.29 bits per heavy atom. The Kier molecular flexibility index (Phi) is 4.42. The van der Waals surface area contributed by atoms with Gasteiger partial charge in [-0.3, -0.25) is 4.79 Å². The Morgan fingerprint density at radius 1 is 1.35 bits per heavy atom. The van der Waals surface area contributed by atoms with Crippen LogP contribution in [-0.2, 0) is 15.8 Å². The van der Waals surface area contributed by atoms with E-state index in [0.29, 0.717) is 5.56 Å². The fourth-order valence-electron chi connectivity index (χ4n) is 1.35. The summed E-state index contributed by atoms with van der Waals surface area (Å²) in [5, 5.41) is 10.6. The summed E-state index contributed by atoms with van der Waals surface area (Å²) in [6.07, 6.45) is 0.0146. The lowest BCUT2D eigenvalue weighted by molar-refractivity contribution is -0.139. The molecule has 0 saturated carbocycles. The van der Waals surface area contributed by atoms with Crippen LogP contribution in [0.5, 0.6) is 0 Å². The molecule has 0 fully saturated rings. The zero-order chi connectivity index (χ0) is 13.1. The van der Waals surface area contributed by atoms with Gasteiger partial charge >= 0.3 is 13.7 Å². The van der Waals surface area contributed by atoms with Crippen LogP contribution in [0.3, 0.4) is 0 Å². The van der Waals surface area contributed by atoms with Crippen LogP contribution in [0.25, 0.3) is 0 Å². The van der Waals surface area contributed by atoms with Gasteiger partial charge in [0.05, 0.1) is 0 Å². The van der Waals surface area contributed by atoms with Gasteiger partial charge < -0.3 is 14.9 Å². The maximum absolute atomic E-state index is 10.8. The van der Waals surface area contributed by atoms with Crippen molar-refractivity contribution in [3.05, 3.63) is 35.4 Å². The molecule has 0 aliphatic carbocycles. The number of rotatable bonds is 5. The highest BCUT2D eigenvalue weighted by molar-refractivity contribution is 7.49. The molecule has 4 N–H and O–H groups in total. The monoisotopic (exact) mass is 259 g/mol. The molecule has 0 amide bonds. The van der Waals surface area contributed by atoms with Crippen molar-refractivity contribution in [3.8, 4) is 0 Å². The van der Waals surface area contributed by atoms with E-state index in [-0.39, 0.29) is 6.42 Å². The molecule has 1 rings (SSSR count). The second-order valence-corrected chi connectivity index (χ2v) is 5.10. The molecular formula is C10H14NO5P. The summed E-state index contributed by atoms with van der Waals surface area (Å²) in [7, 11) is -4.55. The zero-order valence-electron chi connectivity index (χ0n) is 9.20. The molecule has 0 heterocycles. The topological polar surface area (TPSA) is 107 Å². The molecule has 0 saturated heterocycles. The minimum absolute atomic E-state index is 0.0146. The van der Waals surface area contributed by atoms with Gasteiger partial charge in [-0.15, -0.1) is 0 Å². The van der Waals surface area contributed by atoms with E-state index < -0.39 is 19.8 Å². The molecule has 0 aliphatic heterocycles. The number of hydrogen-bond acceptors (Lipinski definition) is 2. The maximum atomic E-state index is 10.8. The van der Waals surface area contributed by atoms with E-state index in [0.717, 1.165) is 5.56 Å². The van der Waals surface area contributed by atoms with Crippen molar-refractivity contribution < 1.29 is 24.3 Å². The Labute approximate surface area is 98.5 Å². The van der Waals surface area contributed by atoms with Crippen molar-refractivity contribution in [2.45, 2.75) is 19.4 Å². The first kappa shape index (κ1) is 13.9. The van der Waals surface area contributed by atoms with Crippen molar-refractivity contribution in [1.82, 2.24) is 5.09 Å². The number of carboxylic acid groups (broad SMARTS) is 1. The van der Waals surface area contributed by atoms with Crippen LogP contribution in [-0.4, -0.2) is 26.9 Å². The van der Waals surface area contributed by atoms with E-state index in [1.54, 1.807) is 17.2 Å². The first-order chi connectivity index (χ1) is 7.78. The molecule has 7 heteroatoms. The lowest BCUT2D eigenvalue weighted by atomic mass is 10.1. The molecule has 1 aromatic carbocycles. The third-order valence-electron chi connectivity index (χ3n) is 2.18. The summed E-state index contributed by atoms with van der Waals surface area (Å²) in [4.78, 5) is 28.2. The smallest absolute Gasteiger partial charge is 0.401 e. The van der Waals surface area contributed by atoms with Gasteiger partial charge in [0.25, 0.3) is 0 Å². The number of benzene rings is 1. The minimum atomic E-state index is -4.55. The highest BCUT2D eigenvalue weighted by Crippen LogP contribution is 2.29. The van der Waals surface area contributed by atoms with E-state index in [9.17, 15) is 9.36 Å². The van der Waals surface area contributed by atoms with Gasteiger partial charge in [0.1, 0.15) is 6.04 Å². The Morgan fingerprint density at radius 2 is 1.88 bits per heavy atom. The highest BCUT2D eigenvalue weighted by atomic mass is 31.2.